The van der Waals surface area contributed by atoms with Crippen LogP contribution in [0.5, 0.6) is 0 Å². The first-order valence-corrected chi connectivity index (χ1v) is 11.1. The first-order valence-electron chi connectivity index (χ1n) is 11.1. The number of nitrogens with one attached hydrogen (secondary N) is 2. The molecule has 9 nitrogen and oxygen atoms in total. The third-order valence-corrected chi connectivity index (χ3v) is 5.63. The molecule has 190 valence electrons. The molecule has 2 atom stereocenters. The molecule has 3 rings (SSSR count). The van der Waals surface area contributed by atoms with Gasteiger partial charge in [-0.2, -0.15) is 0 Å². The fourth-order valence-electron chi connectivity index (χ4n) is 3.68. The average molecular weight is 501 g/mol. The molecule has 3 aromatic rings. The van der Waals surface area contributed by atoms with Gasteiger partial charge in [0.15, 0.2) is 11.6 Å². The number of hydrogen-bond acceptors (Lipinski definition) is 5. The number of likely N-dealkylation sites (N-methyl/N-ethyl adjacent to an activating group) is 1. The van der Waals surface area contributed by atoms with E-state index in [1.165, 1.54) is 31.0 Å². The lowest BCUT2D eigenvalue weighted by Gasteiger charge is -2.32. The second-order valence-corrected chi connectivity index (χ2v) is 8.13. The molecule has 11 heteroatoms. The van der Waals surface area contributed by atoms with Crippen LogP contribution < -0.4 is 10.6 Å². The highest BCUT2D eigenvalue weighted by Gasteiger charge is 2.29. The summed E-state index contributed by atoms with van der Waals surface area (Å²) in [4.78, 5) is 41.7. The molecular formula is C25H26F2N4O5. The van der Waals surface area contributed by atoms with E-state index in [2.05, 4.69) is 15.6 Å². The smallest absolute Gasteiger partial charge is 0.413 e. The number of nitrogens with zero attached hydrogens (tertiary/aromatic N) is 2. The molecule has 0 aliphatic carbocycles. The number of carboxylic acids is 1. The molecule has 1 aromatic heterocycles. The molecule has 0 saturated heterocycles. The van der Waals surface area contributed by atoms with E-state index in [4.69, 9.17) is 9.84 Å². The Bertz CT molecular complexity index is 1260. The fraction of sp³-hybridized carbons (Fsp3) is 0.280. The molecule has 0 bridgehead atoms. The highest BCUT2D eigenvalue weighted by Crippen LogP contribution is 2.18. The van der Waals surface area contributed by atoms with Gasteiger partial charge in [0.05, 0.1) is 6.04 Å². The van der Waals surface area contributed by atoms with Gasteiger partial charge in [0, 0.05) is 37.2 Å². The molecule has 1 unspecified atom stereocenters. The van der Waals surface area contributed by atoms with Gasteiger partial charge in [-0.05, 0) is 30.9 Å². The van der Waals surface area contributed by atoms with Crippen molar-refractivity contribution in [2.24, 2.45) is 0 Å². The maximum Gasteiger partial charge on any atom is 0.413 e. The molecule has 0 aliphatic rings. The van der Waals surface area contributed by atoms with E-state index in [-0.39, 0.29) is 30.8 Å². The summed E-state index contributed by atoms with van der Waals surface area (Å²) in [6, 6.07) is 11.2. The van der Waals surface area contributed by atoms with E-state index in [0.717, 1.165) is 16.8 Å². The lowest BCUT2D eigenvalue weighted by Crippen LogP contribution is -2.49. The van der Waals surface area contributed by atoms with Crippen LogP contribution in [0.2, 0.25) is 0 Å². The Balaban J connectivity index is 1.64. The normalized spacial score (nSPS) is 12.4. The molecule has 3 amide bonds. The molecule has 2 aromatic carbocycles. The van der Waals surface area contributed by atoms with Gasteiger partial charge in [-0.25, -0.2) is 23.4 Å². The van der Waals surface area contributed by atoms with Crippen molar-refractivity contribution in [2.45, 2.75) is 38.5 Å². The summed E-state index contributed by atoms with van der Waals surface area (Å²) in [5.41, 5.74) is -0.0506. The summed E-state index contributed by atoms with van der Waals surface area (Å²) < 4.78 is 32.7. The number of aliphatic carboxylic acids is 1. The van der Waals surface area contributed by atoms with Gasteiger partial charge >= 0.3 is 18.1 Å². The van der Waals surface area contributed by atoms with E-state index in [1.54, 1.807) is 12.3 Å². The van der Waals surface area contributed by atoms with E-state index in [0.29, 0.717) is 0 Å². The van der Waals surface area contributed by atoms with Crippen LogP contribution in [-0.4, -0.2) is 52.3 Å². The second-order valence-electron chi connectivity index (χ2n) is 8.13. The summed E-state index contributed by atoms with van der Waals surface area (Å²) in [5.74, 6) is -2.94. The highest BCUT2D eigenvalue weighted by molar-refractivity contribution is 5.89. The van der Waals surface area contributed by atoms with Gasteiger partial charge in [-0.15, -0.1) is 0 Å². The van der Waals surface area contributed by atoms with Crippen molar-refractivity contribution in [3.8, 4) is 0 Å². The summed E-state index contributed by atoms with van der Waals surface area (Å²) in [7, 11) is 1.40. The summed E-state index contributed by atoms with van der Waals surface area (Å²) in [6.07, 6.45) is -0.449. The number of pyridine rings is 1. The molecular weight excluding hydrogens is 474 g/mol. The average Bonchev–Trinajstić information content (AvgIpc) is 2.84. The van der Waals surface area contributed by atoms with Crippen LogP contribution >= 0.6 is 0 Å². The first kappa shape index (κ1) is 26.3. The van der Waals surface area contributed by atoms with Gasteiger partial charge in [0.25, 0.3) is 0 Å². The summed E-state index contributed by atoms with van der Waals surface area (Å²) in [5, 5.41) is 15.9. The number of amides is 3. The van der Waals surface area contributed by atoms with Crippen molar-refractivity contribution >= 4 is 34.7 Å². The summed E-state index contributed by atoms with van der Waals surface area (Å²) >= 11 is 0. The Labute approximate surface area is 206 Å². The van der Waals surface area contributed by atoms with Crippen molar-refractivity contribution in [2.75, 3.05) is 12.4 Å². The fourth-order valence-corrected chi connectivity index (χ4v) is 3.68. The van der Waals surface area contributed by atoms with Gasteiger partial charge in [-0.1, -0.05) is 36.4 Å². The number of rotatable bonds is 9. The van der Waals surface area contributed by atoms with Gasteiger partial charge in [0.1, 0.15) is 11.9 Å². The standard InChI is InChI=1S/C25H26F2N4O5/c1-15(36-25(35)30-21-12-16-6-3-4-7-17(16)13-28-21)20(10-11-22(32)33)31(2)24(34)29-14-18-8-5-9-19(26)23(18)27/h3-9,12-13,15,20H,10-11,14H2,1-2H3,(H,29,34)(H,32,33)(H,28,30,35)/t15?,20-/m0/s1. The first-order chi connectivity index (χ1) is 17.2. The SMILES string of the molecule is CC(OC(=O)Nc1cc2ccccc2cn1)[C@H](CCC(=O)O)N(C)C(=O)NCc1cccc(F)c1F. The lowest BCUT2D eigenvalue weighted by molar-refractivity contribution is -0.137. The number of fused-ring (bicyclic) bond motifs is 1. The predicted molar refractivity (Wildman–Crippen MR) is 128 cm³/mol. The lowest BCUT2D eigenvalue weighted by atomic mass is 10.1. The Morgan fingerprint density at radius 1 is 1.11 bits per heavy atom. The number of halogens is 2. The third-order valence-electron chi connectivity index (χ3n) is 5.63. The topological polar surface area (TPSA) is 121 Å². The number of anilines is 1. The van der Waals surface area contributed by atoms with E-state index in [9.17, 15) is 23.2 Å². The molecule has 1 heterocycles. The zero-order valence-corrected chi connectivity index (χ0v) is 19.7. The highest BCUT2D eigenvalue weighted by atomic mass is 19.2. The summed E-state index contributed by atoms with van der Waals surface area (Å²) in [6.45, 7) is 1.23. The zero-order chi connectivity index (χ0) is 26.2. The van der Waals surface area contributed by atoms with Crippen LogP contribution in [0.4, 0.5) is 24.2 Å². The Morgan fingerprint density at radius 2 is 1.83 bits per heavy atom. The van der Waals surface area contributed by atoms with Crippen molar-refractivity contribution in [3.63, 3.8) is 0 Å². The largest absolute Gasteiger partial charge is 0.481 e. The molecule has 36 heavy (non-hydrogen) atoms. The van der Waals surface area contributed by atoms with Crippen LogP contribution in [0.15, 0.2) is 54.7 Å². The van der Waals surface area contributed by atoms with E-state index < -0.39 is 41.9 Å². The Kier molecular flexibility index (Phi) is 8.71. The van der Waals surface area contributed by atoms with Crippen molar-refractivity contribution in [1.29, 1.82) is 0 Å². The third kappa shape index (κ3) is 6.87. The Morgan fingerprint density at radius 3 is 2.56 bits per heavy atom. The molecule has 0 fully saturated rings. The maximum absolute atomic E-state index is 13.9. The number of ether oxygens (including phenoxy) is 1. The Hall–Kier alpha value is -4.28. The molecule has 0 radical (unpaired) electrons. The molecule has 0 spiro atoms. The molecule has 0 saturated carbocycles. The maximum atomic E-state index is 13.9. The van der Waals surface area contributed by atoms with Crippen LogP contribution in [0.3, 0.4) is 0 Å². The number of carbonyl (C=O) groups excluding carboxylic acids is 2. The minimum absolute atomic E-state index is 0.0176. The van der Waals surface area contributed by atoms with E-state index in [1.807, 2.05) is 24.3 Å². The number of carboxylic acid groups (broad SMARTS) is 1. The van der Waals surface area contributed by atoms with Crippen molar-refractivity contribution in [3.05, 3.63) is 71.9 Å². The number of hydrogen-bond donors (Lipinski definition) is 3. The van der Waals surface area contributed by atoms with Gasteiger partial charge in [0.2, 0.25) is 0 Å². The van der Waals surface area contributed by atoms with Crippen LogP contribution in [-0.2, 0) is 16.1 Å². The second kappa shape index (κ2) is 11.9. The van der Waals surface area contributed by atoms with Crippen LogP contribution in [0, 0.1) is 11.6 Å². The quantitative estimate of drug-likeness (QED) is 0.397. The van der Waals surface area contributed by atoms with E-state index >= 15 is 0 Å². The van der Waals surface area contributed by atoms with Gasteiger partial charge < -0.3 is 20.1 Å². The number of carbonyl (C=O) groups is 3. The zero-order valence-electron chi connectivity index (χ0n) is 19.7. The number of urea groups is 1. The van der Waals surface area contributed by atoms with Crippen molar-refractivity contribution < 1.29 is 33.0 Å². The minimum atomic E-state index is -1.09. The minimum Gasteiger partial charge on any atom is -0.481 e. The molecule has 0 aliphatic heterocycles. The number of aromatic nitrogens is 1. The monoisotopic (exact) mass is 500 g/mol. The molecule has 3 N–H and O–H groups in total. The number of benzene rings is 2. The van der Waals surface area contributed by atoms with Crippen LogP contribution in [0.1, 0.15) is 25.3 Å². The predicted octanol–water partition coefficient (Wildman–Crippen LogP) is 4.53. The van der Waals surface area contributed by atoms with Gasteiger partial charge in [-0.3, -0.25) is 10.1 Å². The van der Waals surface area contributed by atoms with Crippen LogP contribution in [0.25, 0.3) is 10.8 Å². The van der Waals surface area contributed by atoms with Crippen molar-refractivity contribution in [1.82, 2.24) is 15.2 Å².